The second kappa shape index (κ2) is 3.48. The lowest BCUT2D eigenvalue weighted by Crippen LogP contribution is -2.31. The van der Waals surface area contributed by atoms with Crippen molar-refractivity contribution in [2.24, 2.45) is 0 Å². The highest BCUT2D eigenvalue weighted by Crippen LogP contribution is 2.27. The zero-order valence-corrected chi connectivity index (χ0v) is 8.71. The van der Waals surface area contributed by atoms with E-state index < -0.39 is 11.8 Å². The van der Waals surface area contributed by atoms with Gasteiger partial charge in [-0.05, 0) is 12.1 Å². The summed E-state index contributed by atoms with van der Waals surface area (Å²) in [4.78, 5) is 28.0. The summed E-state index contributed by atoms with van der Waals surface area (Å²) in [5, 5.41) is 3.44. The van der Waals surface area contributed by atoms with E-state index in [0.29, 0.717) is 5.75 Å². The van der Waals surface area contributed by atoms with Crippen LogP contribution in [0.4, 0.5) is 0 Å². The molecule has 2 aliphatic rings. The highest BCUT2D eigenvalue weighted by Gasteiger charge is 2.28. The van der Waals surface area contributed by atoms with Crippen LogP contribution < -0.4 is 10.2 Å². The Morgan fingerprint density at radius 1 is 1.18 bits per heavy atom. The Hall–Kier alpha value is -2.56. The van der Waals surface area contributed by atoms with Crippen LogP contribution >= 0.6 is 0 Å². The number of hydrogen-bond donors (Lipinski definition) is 1. The molecule has 1 N–H and O–H groups in total. The van der Waals surface area contributed by atoms with Gasteiger partial charge in [0.05, 0.1) is 0 Å². The molecule has 0 unspecified atom stereocenters. The van der Waals surface area contributed by atoms with E-state index in [4.69, 9.17) is 4.84 Å². The first-order chi connectivity index (χ1) is 8.24. The number of fused-ring (bicyclic) bond motifs is 1. The molecule has 17 heavy (non-hydrogen) atoms. The van der Waals surface area contributed by atoms with Crippen molar-refractivity contribution in [2.45, 2.75) is 0 Å². The fraction of sp³-hybridized carbons (Fsp3) is 0. The molecule has 84 valence electrons. The van der Waals surface area contributed by atoms with Crippen LogP contribution in [-0.2, 0) is 9.59 Å². The van der Waals surface area contributed by atoms with Gasteiger partial charge in [-0.15, -0.1) is 0 Å². The molecule has 0 spiro atoms. The van der Waals surface area contributed by atoms with Crippen LogP contribution in [0.15, 0.2) is 42.2 Å². The van der Waals surface area contributed by atoms with Gasteiger partial charge in [0.25, 0.3) is 11.8 Å². The molecule has 0 bridgehead atoms. The third-order valence-electron chi connectivity index (χ3n) is 2.48. The summed E-state index contributed by atoms with van der Waals surface area (Å²) < 4.78 is 0. The van der Waals surface area contributed by atoms with Crippen LogP contribution in [0.25, 0.3) is 6.08 Å². The monoisotopic (exact) mass is 228 g/mol. The Morgan fingerprint density at radius 3 is 2.76 bits per heavy atom. The molecule has 0 saturated heterocycles. The number of hydrogen-bond acceptors (Lipinski definition) is 4. The van der Waals surface area contributed by atoms with Crippen molar-refractivity contribution in [3.05, 3.63) is 47.8 Å². The first-order valence-electron chi connectivity index (χ1n) is 5.05. The highest BCUT2D eigenvalue weighted by molar-refractivity contribution is 6.15. The number of hydroxylamine groups is 2. The normalized spacial score (nSPS) is 17.4. The number of amides is 2. The van der Waals surface area contributed by atoms with E-state index in [1.165, 1.54) is 11.1 Å². The summed E-state index contributed by atoms with van der Waals surface area (Å²) >= 11 is 0. The van der Waals surface area contributed by atoms with Crippen molar-refractivity contribution in [3.8, 4) is 5.75 Å². The third kappa shape index (κ3) is 1.57. The van der Waals surface area contributed by atoms with Gasteiger partial charge in [-0.3, -0.25) is 14.9 Å². The van der Waals surface area contributed by atoms with E-state index in [1.807, 2.05) is 24.3 Å². The van der Waals surface area contributed by atoms with Crippen molar-refractivity contribution in [1.29, 1.82) is 0 Å². The lowest BCUT2D eigenvalue weighted by molar-refractivity contribution is -0.125. The summed E-state index contributed by atoms with van der Waals surface area (Å²) in [5.41, 5.74) is 1.11. The van der Waals surface area contributed by atoms with E-state index in [9.17, 15) is 9.59 Å². The standard InChI is InChI=1S/C12H8N2O3/c15-11-7-9(12(16)13-11)14-6-5-8-3-1-2-4-10(8)17-14/h1-7H,(H,13,15,16). The molecule has 2 aliphatic heterocycles. The summed E-state index contributed by atoms with van der Waals surface area (Å²) in [5.74, 6) is -0.247. The molecule has 0 fully saturated rings. The Balaban J connectivity index is 1.93. The van der Waals surface area contributed by atoms with Crippen molar-refractivity contribution in [3.63, 3.8) is 0 Å². The number of imide groups is 1. The van der Waals surface area contributed by atoms with Crippen LogP contribution in [-0.4, -0.2) is 16.9 Å². The van der Waals surface area contributed by atoms with E-state index in [2.05, 4.69) is 5.32 Å². The number of carbonyl (C=O) groups is 2. The van der Waals surface area contributed by atoms with Gasteiger partial charge >= 0.3 is 0 Å². The van der Waals surface area contributed by atoms with E-state index >= 15 is 0 Å². The molecular formula is C12H8N2O3. The second-order valence-corrected chi connectivity index (χ2v) is 3.62. The third-order valence-corrected chi connectivity index (χ3v) is 2.48. The molecule has 0 radical (unpaired) electrons. The number of nitrogens with one attached hydrogen (secondary N) is 1. The molecule has 5 nitrogen and oxygen atoms in total. The molecular weight excluding hydrogens is 220 g/mol. The fourth-order valence-electron chi connectivity index (χ4n) is 1.68. The van der Waals surface area contributed by atoms with E-state index in [1.54, 1.807) is 12.3 Å². The second-order valence-electron chi connectivity index (χ2n) is 3.62. The minimum Gasteiger partial charge on any atom is -0.374 e. The molecule has 1 aromatic rings. The SMILES string of the molecule is O=C1C=C(N2C=Cc3ccccc3O2)C(=O)N1. The van der Waals surface area contributed by atoms with Gasteiger partial charge in [-0.25, -0.2) is 0 Å². The van der Waals surface area contributed by atoms with Crippen molar-refractivity contribution in [2.75, 3.05) is 0 Å². The Bertz CT molecular complexity index is 575. The molecule has 2 heterocycles. The summed E-state index contributed by atoms with van der Waals surface area (Å²) in [7, 11) is 0. The average molecular weight is 228 g/mol. The number of nitrogens with zero attached hydrogens (tertiary/aromatic N) is 1. The zero-order valence-electron chi connectivity index (χ0n) is 8.71. The molecule has 1 aromatic carbocycles. The van der Waals surface area contributed by atoms with E-state index in [0.717, 1.165) is 5.56 Å². The minimum atomic E-state index is -0.459. The van der Waals surface area contributed by atoms with Gasteiger partial charge in [0, 0.05) is 17.8 Å². The highest BCUT2D eigenvalue weighted by atomic mass is 16.7. The molecule has 3 rings (SSSR count). The molecule has 0 aromatic heterocycles. The number of para-hydroxylation sites is 1. The predicted octanol–water partition coefficient (Wildman–Crippen LogP) is 0.807. The summed E-state index contributed by atoms with van der Waals surface area (Å²) in [6.45, 7) is 0. The Morgan fingerprint density at radius 2 is 2.00 bits per heavy atom. The van der Waals surface area contributed by atoms with Gasteiger partial charge in [0.1, 0.15) is 0 Å². The lowest BCUT2D eigenvalue weighted by Gasteiger charge is -2.24. The summed E-state index contributed by atoms with van der Waals surface area (Å²) in [6, 6.07) is 7.43. The van der Waals surface area contributed by atoms with Gasteiger partial charge in [-0.1, -0.05) is 18.2 Å². The van der Waals surface area contributed by atoms with Crippen LogP contribution in [0.3, 0.4) is 0 Å². The van der Waals surface area contributed by atoms with Crippen LogP contribution in [0.5, 0.6) is 5.75 Å². The maximum atomic E-state index is 11.4. The van der Waals surface area contributed by atoms with Crippen molar-refractivity contribution >= 4 is 17.9 Å². The lowest BCUT2D eigenvalue weighted by atomic mass is 10.2. The quantitative estimate of drug-likeness (QED) is 0.722. The average Bonchev–Trinajstić information content (AvgIpc) is 2.68. The van der Waals surface area contributed by atoms with E-state index in [-0.39, 0.29) is 5.70 Å². The maximum absolute atomic E-state index is 11.4. The summed E-state index contributed by atoms with van der Waals surface area (Å²) in [6.07, 6.45) is 4.63. The smallest absolute Gasteiger partial charge is 0.278 e. The maximum Gasteiger partial charge on any atom is 0.278 e. The Kier molecular flexibility index (Phi) is 1.98. The van der Waals surface area contributed by atoms with Crippen LogP contribution in [0.1, 0.15) is 5.56 Å². The number of benzene rings is 1. The van der Waals surface area contributed by atoms with Crippen LogP contribution in [0, 0.1) is 0 Å². The molecule has 0 atom stereocenters. The number of carbonyl (C=O) groups excluding carboxylic acids is 2. The van der Waals surface area contributed by atoms with Gasteiger partial charge in [0.2, 0.25) is 0 Å². The predicted molar refractivity (Wildman–Crippen MR) is 59.2 cm³/mol. The molecule has 0 aliphatic carbocycles. The molecule has 0 saturated carbocycles. The molecule has 5 heteroatoms. The largest absolute Gasteiger partial charge is 0.374 e. The van der Waals surface area contributed by atoms with Crippen LogP contribution in [0.2, 0.25) is 0 Å². The number of rotatable bonds is 1. The fourth-order valence-corrected chi connectivity index (χ4v) is 1.68. The first kappa shape index (κ1) is 9.65. The van der Waals surface area contributed by atoms with Gasteiger partial charge in [-0.2, -0.15) is 5.06 Å². The zero-order chi connectivity index (χ0) is 11.8. The van der Waals surface area contributed by atoms with Gasteiger partial charge < -0.3 is 4.84 Å². The molecule has 2 amide bonds. The topological polar surface area (TPSA) is 58.6 Å². The van der Waals surface area contributed by atoms with Crippen molar-refractivity contribution in [1.82, 2.24) is 10.4 Å². The minimum absolute atomic E-state index is 0.181. The first-order valence-corrected chi connectivity index (χ1v) is 5.05. The van der Waals surface area contributed by atoms with Crippen molar-refractivity contribution < 1.29 is 14.4 Å². The Labute approximate surface area is 96.9 Å². The van der Waals surface area contributed by atoms with Gasteiger partial charge in [0.15, 0.2) is 11.4 Å².